The maximum Gasteiger partial charge on any atom is 0.343 e. The van der Waals surface area contributed by atoms with Crippen LogP contribution in [0.2, 0.25) is 0 Å². The van der Waals surface area contributed by atoms with Crippen molar-refractivity contribution in [2.75, 3.05) is 18.1 Å². The Morgan fingerprint density at radius 3 is 2.03 bits per heavy atom. The van der Waals surface area contributed by atoms with Crippen LogP contribution in [0.4, 0.5) is 11.4 Å². The van der Waals surface area contributed by atoms with E-state index in [2.05, 4.69) is 19.1 Å². The summed E-state index contributed by atoms with van der Waals surface area (Å²) in [5.41, 5.74) is 14.2. The van der Waals surface area contributed by atoms with Crippen molar-refractivity contribution in [1.82, 2.24) is 0 Å². The number of rotatable bonds is 8. The highest BCUT2D eigenvalue weighted by Gasteiger charge is 2.31. The molecule has 5 nitrogen and oxygen atoms in total. The quantitative estimate of drug-likeness (QED) is 0.196. The van der Waals surface area contributed by atoms with Crippen molar-refractivity contribution < 1.29 is 14.3 Å². The first kappa shape index (κ1) is 24.6. The van der Waals surface area contributed by atoms with Gasteiger partial charge in [0.05, 0.1) is 11.7 Å². The number of esters is 1. The normalized spacial score (nSPS) is 25.1. The fourth-order valence-electron chi connectivity index (χ4n) is 5.81. The number of nitrogens with two attached hydrogens (primary N) is 2. The van der Waals surface area contributed by atoms with Crippen LogP contribution in [0.1, 0.15) is 93.0 Å². The summed E-state index contributed by atoms with van der Waals surface area (Å²) in [6.07, 6.45) is 13.2. The highest BCUT2D eigenvalue weighted by molar-refractivity contribution is 5.93. The van der Waals surface area contributed by atoms with E-state index in [1.54, 1.807) is 18.2 Å². The highest BCUT2D eigenvalue weighted by atomic mass is 16.5. The zero-order chi connectivity index (χ0) is 23.9. The molecule has 0 radical (unpaired) electrons. The molecule has 2 aliphatic carbocycles. The van der Waals surface area contributed by atoms with Crippen molar-refractivity contribution >= 4 is 17.3 Å². The lowest BCUT2D eigenvalue weighted by Crippen LogP contribution is -2.28. The van der Waals surface area contributed by atoms with Gasteiger partial charge in [0.25, 0.3) is 0 Å². The van der Waals surface area contributed by atoms with Gasteiger partial charge >= 0.3 is 5.97 Å². The molecule has 0 amide bonds. The van der Waals surface area contributed by atoms with Gasteiger partial charge in [-0.15, -0.1) is 0 Å². The summed E-state index contributed by atoms with van der Waals surface area (Å²) in [4.78, 5) is 12.4. The second-order valence-electron chi connectivity index (χ2n) is 10.2. The fourth-order valence-corrected chi connectivity index (χ4v) is 5.81. The van der Waals surface area contributed by atoms with Gasteiger partial charge in [0, 0.05) is 18.0 Å². The fraction of sp³-hybridized carbons (Fsp3) is 0.552. The summed E-state index contributed by atoms with van der Waals surface area (Å²) in [5.74, 6) is 2.45. The molecule has 0 spiro atoms. The Morgan fingerprint density at radius 2 is 1.44 bits per heavy atom. The molecule has 0 aliphatic heterocycles. The first-order chi connectivity index (χ1) is 16.5. The molecule has 2 fully saturated rings. The molecular formula is C29H40N2O3. The molecule has 2 aromatic carbocycles. The number of ether oxygens (including phenoxy) is 2. The third-order valence-corrected chi connectivity index (χ3v) is 7.78. The van der Waals surface area contributed by atoms with Crippen molar-refractivity contribution in [3.63, 3.8) is 0 Å². The Morgan fingerprint density at radius 1 is 0.853 bits per heavy atom. The molecule has 0 heterocycles. The van der Waals surface area contributed by atoms with Crippen LogP contribution in [0.3, 0.4) is 0 Å². The standard InChI is InChI=1S/C29H40N2O3/c1-2-3-16-33-27-12-8-22(9-13-27)20-4-6-21(7-5-20)23-10-14-28(15-11-23)34-29(32)24-17-25(30)19-26(31)18-24/h10-11,14-15,17-22,27H,2-9,12-13,16,30-31H2,1H3. The molecule has 4 N–H and O–H groups in total. The largest absolute Gasteiger partial charge is 0.423 e. The zero-order valence-corrected chi connectivity index (χ0v) is 20.5. The second kappa shape index (κ2) is 11.7. The van der Waals surface area contributed by atoms with Crippen LogP contribution >= 0.6 is 0 Å². The molecule has 34 heavy (non-hydrogen) atoms. The Kier molecular flexibility index (Phi) is 8.49. The predicted octanol–water partition coefficient (Wildman–Crippen LogP) is 6.72. The smallest absolute Gasteiger partial charge is 0.343 e. The van der Waals surface area contributed by atoms with Gasteiger partial charge in [-0.25, -0.2) is 4.79 Å². The van der Waals surface area contributed by atoms with Gasteiger partial charge in [0.1, 0.15) is 5.75 Å². The first-order valence-electron chi connectivity index (χ1n) is 13.1. The number of nitrogen functional groups attached to an aromatic ring is 2. The van der Waals surface area contributed by atoms with E-state index < -0.39 is 5.97 Å². The van der Waals surface area contributed by atoms with E-state index in [9.17, 15) is 4.79 Å². The van der Waals surface area contributed by atoms with Crippen LogP contribution < -0.4 is 16.2 Å². The number of carbonyl (C=O) groups excluding carboxylic acids is 1. The third kappa shape index (κ3) is 6.53. The first-order valence-corrected chi connectivity index (χ1v) is 13.1. The van der Waals surface area contributed by atoms with Gasteiger partial charge in [-0.05, 0) is 111 Å². The predicted molar refractivity (Wildman–Crippen MR) is 138 cm³/mol. The number of carbonyl (C=O) groups is 1. The SMILES string of the molecule is CCCCOC1CCC(C2CCC(c3ccc(OC(=O)c4cc(N)cc(N)c4)cc3)CC2)CC1. The number of benzene rings is 2. The van der Waals surface area contributed by atoms with Crippen molar-refractivity contribution in [3.05, 3.63) is 53.6 Å². The highest BCUT2D eigenvalue weighted by Crippen LogP contribution is 2.43. The summed E-state index contributed by atoms with van der Waals surface area (Å²) in [6.45, 7) is 3.16. The average Bonchev–Trinajstić information content (AvgIpc) is 2.85. The minimum atomic E-state index is -0.447. The number of hydrogen-bond acceptors (Lipinski definition) is 5. The summed E-state index contributed by atoms with van der Waals surface area (Å²) in [6, 6.07) is 12.8. The van der Waals surface area contributed by atoms with Crippen LogP contribution in [0.5, 0.6) is 5.75 Å². The van der Waals surface area contributed by atoms with E-state index in [1.807, 2.05) is 12.1 Å². The lowest BCUT2D eigenvalue weighted by Gasteiger charge is -2.38. The Bertz CT molecular complexity index is 907. The molecule has 184 valence electrons. The average molecular weight is 465 g/mol. The van der Waals surface area contributed by atoms with E-state index in [0.717, 1.165) is 18.4 Å². The zero-order valence-electron chi connectivity index (χ0n) is 20.5. The molecule has 0 atom stereocenters. The summed E-state index contributed by atoms with van der Waals surface area (Å²) >= 11 is 0. The monoisotopic (exact) mass is 464 g/mol. The van der Waals surface area contributed by atoms with Crippen molar-refractivity contribution in [2.45, 2.75) is 83.2 Å². The van der Waals surface area contributed by atoms with Crippen molar-refractivity contribution in [2.24, 2.45) is 11.8 Å². The van der Waals surface area contributed by atoms with Crippen LogP contribution in [0.25, 0.3) is 0 Å². The van der Waals surface area contributed by atoms with E-state index in [1.165, 1.54) is 69.8 Å². The van der Waals surface area contributed by atoms with Crippen molar-refractivity contribution in [3.8, 4) is 5.75 Å². The Hall–Kier alpha value is -2.53. The maximum absolute atomic E-state index is 12.4. The van der Waals surface area contributed by atoms with Gasteiger partial charge in [-0.2, -0.15) is 0 Å². The van der Waals surface area contributed by atoms with Gasteiger partial charge in [-0.3, -0.25) is 0 Å². The van der Waals surface area contributed by atoms with Crippen LogP contribution in [0, 0.1) is 11.8 Å². The molecule has 2 aromatic rings. The number of unbranched alkanes of at least 4 members (excludes halogenated alkanes) is 1. The Labute approximate surface area is 204 Å². The third-order valence-electron chi connectivity index (χ3n) is 7.78. The van der Waals surface area contributed by atoms with E-state index in [-0.39, 0.29) is 0 Å². The summed E-state index contributed by atoms with van der Waals surface area (Å²) < 4.78 is 11.6. The van der Waals surface area contributed by atoms with Gasteiger partial charge < -0.3 is 20.9 Å². The van der Waals surface area contributed by atoms with Gasteiger partial charge in [0.15, 0.2) is 0 Å². The van der Waals surface area contributed by atoms with Gasteiger partial charge in [-0.1, -0.05) is 25.5 Å². The van der Waals surface area contributed by atoms with Crippen LogP contribution in [-0.4, -0.2) is 18.7 Å². The number of anilines is 2. The van der Waals surface area contributed by atoms with E-state index in [4.69, 9.17) is 20.9 Å². The molecule has 0 unspecified atom stereocenters. The van der Waals surface area contributed by atoms with Crippen LogP contribution in [-0.2, 0) is 4.74 Å². The number of hydrogen-bond donors (Lipinski definition) is 2. The molecule has 0 bridgehead atoms. The van der Waals surface area contributed by atoms with Crippen LogP contribution in [0.15, 0.2) is 42.5 Å². The maximum atomic E-state index is 12.4. The molecule has 2 saturated carbocycles. The summed E-state index contributed by atoms with van der Waals surface area (Å²) in [5, 5.41) is 0. The molecule has 5 heteroatoms. The summed E-state index contributed by atoms with van der Waals surface area (Å²) in [7, 11) is 0. The molecule has 4 rings (SSSR count). The minimum absolute atomic E-state index is 0.362. The molecule has 0 saturated heterocycles. The van der Waals surface area contributed by atoms with Gasteiger partial charge in [0.2, 0.25) is 0 Å². The second-order valence-corrected chi connectivity index (χ2v) is 10.2. The minimum Gasteiger partial charge on any atom is -0.423 e. The lowest BCUT2D eigenvalue weighted by molar-refractivity contribution is 0.00675. The lowest BCUT2D eigenvalue weighted by atomic mass is 9.69. The molecule has 2 aliphatic rings. The molecular weight excluding hydrogens is 424 g/mol. The van der Waals surface area contributed by atoms with E-state index >= 15 is 0 Å². The van der Waals surface area contributed by atoms with E-state index in [0.29, 0.717) is 34.7 Å². The molecule has 0 aromatic heterocycles. The van der Waals surface area contributed by atoms with Crippen molar-refractivity contribution in [1.29, 1.82) is 0 Å². The Balaban J connectivity index is 1.23. The topological polar surface area (TPSA) is 87.6 Å².